The number of benzene rings is 2. The molecule has 0 spiro atoms. The second-order valence-electron chi connectivity index (χ2n) is 5.51. The van der Waals surface area contributed by atoms with Gasteiger partial charge in [-0.05, 0) is 41.5 Å². The number of methoxy groups -OCH3 is 1. The number of amides is 2. The van der Waals surface area contributed by atoms with Crippen LogP contribution in [0.1, 0.15) is 21.5 Å². The van der Waals surface area contributed by atoms with E-state index in [4.69, 9.17) is 0 Å². The number of carbonyl (C=O) groups is 3. The molecule has 0 saturated carbocycles. The Bertz CT molecular complexity index is 812. The fraction of sp³-hybridized carbons (Fsp3) is 0.167. The van der Waals surface area contributed by atoms with Crippen LogP contribution in [-0.2, 0) is 27.2 Å². The first-order valence-electron chi connectivity index (χ1n) is 7.45. The molecule has 1 heterocycles. The molecule has 0 fully saturated rings. The lowest BCUT2D eigenvalue weighted by atomic mass is 10.1. The molecule has 2 N–H and O–H groups in total. The normalized spacial score (nSPS) is 12.3. The van der Waals surface area contributed by atoms with E-state index in [9.17, 15) is 14.4 Å². The van der Waals surface area contributed by atoms with Gasteiger partial charge in [-0.2, -0.15) is 0 Å². The summed E-state index contributed by atoms with van der Waals surface area (Å²) in [6.07, 6.45) is 0.556. The van der Waals surface area contributed by atoms with Crippen LogP contribution in [0.2, 0.25) is 0 Å². The van der Waals surface area contributed by atoms with Crippen molar-refractivity contribution in [2.45, 2.75) is 12.8 Å². The van der Waals surface area contributed by atoms with Crippen LogP contribution >= 0.6 is 0 Å². The smallest absolute Gasteiger partial charge is 0.337 e. The molecule has 0 aromatic heterocycles. The van der Waals surface area contributed by atoms with Gasteiger partial charge in [0.25, 0.3) is 0 Å². The summed E-state index contributed by atoms with van der Waals surface area (Å²) in [4.78, 5) is 34.9. The highest BCUT2D eigenvalue weighted by molar-refractivity contribution is 5.99. The minimum Gasteiger partial charge on any atom is -0.465 e. The van der Waals surface area contributed by atoms with Crippen molar-refractivity contribution >= 4 is 29.2 Å². The number of ether oxygens (including phenoxy) is 1. The summed E-state index contributed by atoms with van der Waals surface area (Å²) < 4.78 is 4.62. The van der Waals surface area contributed by atoms with Crippen LogP contribution in [0.3, 0.4) is 0 Å². The number of anilines is 2. The van der Waals surface area contributed by atoms with Gasteiger partial charge < -0.3 is 15.4 Å². The lowest BCUT2D eigenvalue weighted by Crippen LogP contribution is -2.14. The molecule has 0 radical (unpaired) electrons. The van der Waals surface area contributed by atoms with Crippen LogP contribution in [0.15, 0.2) is 42.5 Å². The van der Waals surface area contributed by atoms with Crippen molar-refractivity contribution in [3.63, 3.8) is 0 Å². The minimum absolute atomic E-state index is 0.0303. The van der Waals surface area contributed by atoms with Crippen LogP contribution in [0, 0.1) is 0 Å². The van der Waals surface area contributed by atoms with Crippen LogP contribution in [-0.4, -0.2) is 24.9 Å². The third kappa shape index (κ3) is 3.43. The lowest BCUT2D eigenvalue weighted by molar-refractivity contribution is -0.116. The summed E-state index contributed by atoms with van der Waals surface area (Å²) >= 11 is 0. The van der Waals surface area contributed by atoms with Crippen LogP contribution in [0.5, 0.6) is 0 Å². The van der Waals surface area contributed by atoms with Crippen LogP contribution in [0.4, 0.5) is 11.4 Å². The molecule has 0 aliphatic carbocycles. The molecule has 1 aliphatic rings. The van der Waals surface area contributed by atoms with Gasteiger partial charge in [0.1, 0.15) is 0 Å². The van der Waals surface area contributed by atoms with E-state index in [1.807, 2.05) is 18.2 Å². The van der Waals surface area contributed by atoms with Crippen molar-refractivity contribution in [1.82, 2.24) is 0 Å². The van der Waals surface area contributed by atoms with E-state index in [1.165, 1.54) is 7.11 Å². The number of nitrogens with one attached hydrogen (secondary N) is 2. The number of hydrogen-bond donors (Lipinski definition) is 2. The number of fused-ring (bicyclic) bond motifs is 1. The molecule has 2 aromatic rings. The van der Waals surface area contributed by atoms with E-state index in [0.717, 1.165) is 16.8 Å². The topological polar surface area (TPSA) is 84.5 Å². The zero-order chi connectivity index (χ0) is 17.1. The number of esters is 1. The summed E-state index contributed by atoms with van der Waals surface area (Å²) in [5.74, 6) is -0.621. The first-order chi connectivity index (χ1) is 11.5. The van der Waals surface area contributed by atoms with Gasteiger partial charge in [-0.25, -0.2) is 4.79 Å². The molecule has 0 saturated heterocycles. The highest BCUT2D eigenvalue weighted by Crippen LogP contribution is 2.24. The SMILES string of the molecule is COC(=O)c1ccc(NC(=O)Cc2ccc3c(c2)CC(=O)N3)cc1. The summed E-state index contributed by atoms with van der Waals surface area (Å²) in [5.41, 5.74) is 3.58. The monoisotopic (exact) mass is 324 g/mol. The Morgan fingerprint density at radius 1 is 1.17 bits per heavy atom. The van der Waals surface area contributed by atoms with Crippen molar-refractivity contribution in [1.29, 1.82) is 0 Å². The standard InChI is InChI=1S/C18H16N2O4/c1-24-18(23)12-3-5-14(6-4-12)19-16(21)9-11-2-7-15-13(8-11)10-17(22)20-15/h2-8H,9-10H2,1H3,(H,19,21)(H,20,22). The average Bonchev–Trinajstić information content (AvgIpc) is 2.94. The lowest BCUT2D eigenvalue weighted by Gasteiger charge is -2.07. The number of rotatable bonds is 4. The molecule has 6 nitrogen and oxygen atoms in total. The number of hydrogen-bond acceptors (Lipinski definition) is 4. The minimum atomic E-state index is -0.422. The highest BCUT2D eigenvalue weighted by atomic mass is 16.5. The van der Waals surface area contributed by atoms with Gasteiger partial charge in [-0.3, -0.25) is 9.59 Å². The summed E-state index contributed by atoms with van der Waals surface area (Å²) in [7, 11) is 1.32. The molecule has 2 amide bonds. The maximum Gasteiger partial charge on any atom is 0.337 e. The maximum atomic E-state index is 12.1. The fourth-order valence-corrected chi connectivity index (χ4v) is 2.59. The Balaban J connectivity index is 1.63. The fourth-order valence-electron chi connectivity index (χ4n) is 2.59. The van der Waals surface area contributed by atoms with E-state index >= 15 is 0 Å². The van der Waals surface area contributed by atoms with E-state index in [2.05, 4.69) is 15.4 Å². The average molecular weight is 324 g/mol. The Kier molecular flexibility index (Phi) is 4.29. The predicted molar refractivity (Wildman–Crippen MR) is 88.9 cm³/mol. The van der Waals surface area contributed by atoms with Crippen molar-refractivity contribution in [2.75, 3.05) is 17.7 Å². The largest absolute Gasteiger partial charge is 0.465 e. The predicted octanol–water partition coefficient (Wildman–Crippen LogP) is 2.15. The molecule has 3 rings (SSSR count). The van der Waals surface area contributed by atoms with Crippen molar-refractivity contribution < 1.29 is 19.1 Å². The second kappa shape index (κ2) is 6.54. The quantitative estimate of drug-likeness (QED) is 0.844. The van der Waals surface area contributed by atoms with Crippen LogP contribution < -0.4 is 10.6 Å². The summed E-state index contributed by atoms with van der Waals surface area (Å²) in [6, 6.07) is 12.0. The van der Waals surface area contributed by atoms with Gasteiger partial charge in [0.15, 0.2) is 0 Å². The van der Waals surface area contributed by atoms with Gasteiger partial charge >= 0.3 is 5.97 Å². The maximum absolute atomic E-state index is 12.1. The van der Waals surface area contributed by atoms with E-state index in [1.54, 1.807) is 24.3 Å². The summed E-state index contributed by atoms with van der Waals surface area (Å²) in [5, 5.41) is 5.54. The molecule has 0 bridgehead atoms. The third-order valence-electron chi connectivity index (χ3n) is 3.75. The van der Waals surface area contributed by atoms with Gasteiger partial charge in [0.05, 0.1) is 25.5 Å². The first kappa shape index (κ1) is 15.7. The Morgan fingerprint density at radius 3 is 2.62 bits per heavy atom. The Labute approximate surface area is 138 Å². The molecule has 0 atom stereocenters. The van der Waals surface area contributed by atoms with Gasteiger partial charge in [0, 0.05) is 11.4 Å². The molecule has 6 heteroatoms. The Hall–Kier alpha value is -3.15. The van der Waals surface area contributed by atoms with E-state index < -0.39 is 5.97 Å². The van der Waals surface area contributed by atoms with E-state index in [0.29, 0.717) is 17.7 Å². The molecule has 24 heavy (non-hydrogen) atoms. The zero-order valence-corrected chi connectivity index (χ0v) is 13.1. The van der Waals surface area contributed by atoms with Crippen molar-refractivity contribution in [2.24, 2.45) is 0 Å². The molecule has 2 aromatic carbocycles. The number of carbonyl (C=O) groups excluding carboxylic acids is 3. The Morgan fingerprint density at radius 2 is 1.92 bits per heavy atom. The third-order valence-corrected chi connectivity index (χ3v) is 3.75. The van der Waals surface area contributed by atoms with Gasteiger partial charge in [-0.1, -0.05) is 12.1 Å². The first-order valence-corrected chi connectivity index (χ1v) is 7.45. The molecular formula is C18H16N2O4. The van der Waals surface area contributed by atoms with Crippen molar-refractivity contribution in [3.05, 3.63) is 59.2 Å². The molecule has 1 aliphatic heterocycles. The van der Waals surface area contributed by atoms with Crippen LogP contribution in [0.25, 0.3) is 0 Å². The summed E-state index contributed by atoms with van der Waals surface area (Å²) in [6.45, 7) is 0. The van der Waals surface area contributed by atoms with Crippen molar-refractivity contribution in [3.8, 4) is 0 Å². The molecule has 122 valence electrons. The van der Waals surface area contributed by atoms with E-state index in [-0.39, 0.29) is 18.2 Å². The zero-order valence-electron chi connectivity index (χ0n) is 13.1. The highest BCUT2D eigenvalue weighted by Gasteiger charge is 2.18. The van der Waals surface area contributed by atoms with Gasteiger partial charge in [-0.15, -0.1) is 0 Å². The van der Waals surface area contributed by atoms with Gasteiger partial charge in [0.2, 0.25) is 11.8 Å². The molecular weight excluding hydrogens is 308 g/mol. The molecule has 0 unspecified atom stereocenters. The second-order valence-corrected chi connectivity index (χ2v) is 5.51.